The fraction of sp³-hybridized carbons (Fsp3) is 0.500. The van der Waals surface area contributed by atoms with E-state index in [9.17, 15) is 27.7 Å². The molecule has 16 heteroatoms. The first-order valence-electron chi connectivity index (χ1n) is 14.0. The maximum Gasteiger partial charge on any atom is 0.399 e. The number of amides is 3. The van der Waals surface area contributed by atoms with E-state index in [0.29, 0.717) is 43.8 Å². The van der Waals surface area contributed by atoms with Gasteiger partial charge in [0.1, 0.15) is 23.2 Å². The van der Waals surface area contributed by atoms with E-state index < -0.39 is 48.1 Å². The second-order valence-corrected chi connectivity index (χ2v) is 15.6. The molecule has 4 heterocycles. The Morgan fingerprint density at radius 1 is 1.18 bits per heavy atom. The Kier molecular flexibility index (Phi) is 9.02. The fourth-order valence-electron chi connectivity index (χ4n) is 5.42. The topological polar surface area (TPSA) is 149 Å². The number of hydrogen-bond acceptors (Lipinski definition) is 8. The quantitative estimate of drug-likeness (QED) is 0.315. The summed E-state index contributed by atoms with van der Waals surface area (Å²) in [5.41, 5.74) is -6.00. The van der Waals surface area contributed by atoms with E-state index >= 15 is 0 Å². The molecule has 2 saturated heterocycles. The second-order valence-electron chi connectivity index (χ2n) is 11.9. The van der Waals surface area contributed by atoms with E-state index in [4.69, 9.17) is 14.5 Å². The summed E-state index contributed by atoms with van der Waals surface area (Å²) in [6, 6.07) is 2.79. The van der Waals surface area contributed by atoms with Crippen molar-refractivity contribution in [2.24, 2.45) is 5.41 Å². The van der Waals surface area contributed by atoms with Crippen molar-refractivity contribution in [1.82, 2.24) is 20.1 Å². The number of aromatic nitrogens is 1. The van der Waals surface area contributed by atoms with Gasteiger partial charge in [-0.1, -0.05) is 26.8 Å². The first-order chi connectivity index (χ1) is 20.6. The molecule has 44 heavy (non-hydrogen) atoms. The summed E-state index contributed by atoms with van der Waals surface area (Å²) in [4.78, 5) is 66.9. The summed E-state index contributed by atoms with van der Waals surface area (Å²) >= 11 is 2.45. The van der Waals surface area contributed by atoms with Crippen molar-refractivity contribution >= 4 is 58.1 Å². The number of carbonyl (C=O) groups is 3. The number of nitrogens with one attached hydrogen (secondary N) is 1. The Hall–Kier alpha value is -2.81. The smallest absolute Gasteiger partial charge is 0.367 e. The molecule has 2 fully saturated rings. The van der Waals surface area contributed by atoms with Gasteiger partial charge in [-0.2, -0.15) is 8.78 Å². The molecule has 0 saturated carbocycles. The number of thiazole rings is 1. The zero-order chi connectivity index (χ0) is 32.0. The van der Waals surface area contributed by atoms with Gasteiger partial charge in [-0.15, -0.1) is 22.7 Å². The van der Waals surface area contributed by atoms with E-state index in [1.165, 1.54) is 28.4 Å². The number of hydrogen-bond donors (Lipinski definition) is 3. The minimum Gasteiger partial charge on any atom is -0.367 e. The van der Waals surface area contributed by atoms with E-state index in [-0.39, 0.29) is 22.3 Å². The van der Waals surface area contributed by atoms with Gasteiger partial charge >= 0.3 is 13.3 Å². The van der Waals surface area contributed by atoms with Crippen LogP contribution in [0.4, 0.5) is 8.78 Å². The summed E-state index contributed by atoms with van der Waals surface area (Å²) in [5, 5.41) is 5.63. The number of rotatable bonds is 7. The zero-order valence-corrected chi connectivity index (χ0v) is 26.8. The van der Waals surface area contributed by atoms with Crippen LogP contribution in [0, 0.1) is 5.41 Å². The van der Waals surface area contributed by atoms with Crippen LogP contribution in [-0.2, 0) is 24.6 Å². The lowest BCUT2D eigenvalue weighted by molar-refractivity contribution is -0.150. The second kappa shape index (κ2) is 12.2. The van der Waals surface area contributed by atoms with Crippen LogP contribution in [0.3, 0.4) is 0 Å². The first-order valence-corrected chi connectivity index (χ1v) is 17.3. The molecule has 0 radical (unpaired) electrons. The van der Waals surface area contributed by atoms with Crippen LogP contribution in [0.25, 0.3) is 10.1 Å². The summed E-state index contributed by atoms with van der Waals surface area (Å²) < 4.78 is 46.1. The van der Waals surface area contributed by atoms with Crippen molar-refractivity contribution in [2.45, 2.75) is 57.5 Å². The molecule has 2 unspecified atom stereocenters. The number of morpholine rings is 1. The number of likely N-dealkylation sites (tertiary alicyclic amines) is 1. The minimum atomic E-state index is -5.76. The van der Waals surface area contributed by atoms with Crippen molar-refractivity contribution in [3.8, 4) is 0 Å². The van der Waals surface area contributed by atoms with Gasteiger partial charge in [0.05, 0.1) is 18.0 Å². The molecule has 0 spiro atoms. The molecule has 0 aliphatic carbocycles. The molecule has 238 valence electrons. The standard InChI is InChI=1S/C28H33F2N4O7PS2/c1-27(2,3)22(32-23(35)21-14-16-13-17(6-7-20(16)44-21)28(29,30)42(38,39)40)26(37)34-9-4-5-18(34)25(36)33-10-11-41-19(15-33)24-31-8-12-43-24/h6-8,12-14,18-19,22H,4-5,9-11,15H2,1-3H3,(H,32,35)(H2,38,39,40)/t18-,19?,22?/m0/s1. The Bertz CT molecular complexity index is 1600. The third kappa shape index (κ3) is 6.44. The maximum atomic E-state index is 14.3. The third-order valence-corrected chi connectivity index (χ3v) is 10.7. The fourth-order valence-corrected chi connectivity index (χ4v) is 7.52. The van der Waals surface area contributed by atoms with Crippen LogP contribution in [-0.4, -0.2) is 80.6 Å². The van der Waals surface area contributed by atoms with Crippen LogP contribution in [0.5, 0.6) is 0 Å². The van der Waals surface area contributed by atoms with Crippen molar-refractivity contribution in [3.63, 3.8) is 0 Å². The molecular weight excluding hydrogens is 637 g/mol. The van der Waals surface area contributed by atoms with Crippen LogP contribution in [0.1, 0.15) is 60.0 Å². The number of benzene rings is 1. The molecular formula is C28H33F2N4O7PS2. The average molecular weight is 671 g/mol. The molecule has 11 nitrogen and oxygen atoms in total. The lowest BCUT2D eigenvalue weighted by Gasteiger charge is -2.38. The number of fused-ring (bicyclic) bond motifs is 1. The average Bonchev–Trinajstić information content (AvgIpc) is 3.74. The summed E-state index contributed by atoms with van der Waals surface area (Å²) in [5.74, 6) is -1.17. The van der Waals surface area contributed by atoms with Crippen LogP contribution < -0.4 is 5.32 Å². The summed E-state index contributed by atoms with van der Waals surface area (Å²) in [6.07, 6.45) is 2.47. The molecule has 5 rings (SSSR count). The Morgan fingerprint density at radius 2 is 1.93 bits per heavy atom. The van der Waals surface area contributed by atoms with Crippen molar-refractivity contribution in [1.29, 1.82) is 0 Å². The number of carbonyl (C=O) groups excluding carboxylic acids is 3. The van der Waals surface area contributed by atoms with E-state index in [2.05, 4.69) is 10.3 Å². The lowest BCUT2D eigenvalue weighted by atomic mass is 9.85. The van der Waals surface area contributed by atoms with Gasteiger partial charge in [0.15, 0.2) is 0 Å². The predicted molar refractivity (Wildman–Crippen MR) is 161 cm³/mol. The van der Waals surface area contributed by atoms with Crippen LogP contribution in [0.2, 0.25) is 0 Å². The number of ether oxygens (including phenoxy) is 1. The molecule has 0 bridgehead atoms. The highest BCUT2D eigenvalue weighted by Gasteiger charge is 2.50. The van der Waals surface area contributed by atoms with Gasteiger partial charge < -0.3 is 29.6 Å². The normalized spacial score (nSPS) is 20.6. The highest BCUT2D eigenvalue weighted by Crippen LogP contribution is 2.59. The van der Waals surface area contributed by atoms with Crippen molar-refractivity contribution < 1.29 is 42.3 Å². The Balaban J connectivity index is 1.33. The van der Waals surface area contributed by atoms with Gasteiger partial charge in [-0.05, 0) is 41.8 Å². The highest BCUT2D eigenvalue weighted by atomic mass is 32.1. The molecule has 2 aliphatic heterocycles. The van der Waals surface area contributed by atoms with Crippen molar-refractivity contribution in [2.75, 3.05) is 26.2 Å². The molecule has 2 aliphatic rings. The molecule has 1 aromatic carbocycles. The zero-order valence-electron chi connectivity index (χ0n) is 24.2. The summed E-state index contributed by atoms with van der Waals surface area (Å²) in [6.45, 7) is 6.83. The van der Waals surface area contributed by atoms with E-state index in [1.807, 2.05) is 5.38 Å². The maximum absolute atomic E-state index is 14.3. The van der Waals surface area contributed by atoms with Crippen LogP contribution in [0.15, 0.2) is 35.8 Å². The number of halogens is 2. The van der Waals surface area contributed by atoms with Crippen LogP contribution >= 0.6 is 30.3 Å². The molecule has 3 amide bonds. The monoisotopic (exact) mass is 670 g/mol. The summed E-state index contributed by atoms with van der Waals surface area (Å²) in [7, 11) is -5.76. The Labute approximate surface area is 260 Å². The molecule has 2 aromatic heterocycles. The van der Waals surface area contributed by atoms with E-state index in [0.717, 1.165) is 28.5 Å². The van der Waals surface area contributed by atoms with Gasteiger partial charge in [0.2, 0.25) is 11.8 Å². The van der Waals surface area contributed by atoms with Gasteiger partial charge in [-0.25, -0.2) is 4.98 Å². The minimum absolute atomic E-state index is 0.134. The number of thiophene rings is 1. The van der Waals surface area contributed by atoms with E-state index in [1.54, 1.807) is 31.9 Å². The van der Waals surface area contributed by atoms with Gasteiger partial charge in [-0.3, -0.25) is 18.9 Å². The predicted octanol–water partition coefficient (Wildman–Crippen LogP) is 4.32. The van der Waals surface area contributed by atoms with Gasteiger partial charge in [0.25, 0.3) is 5.91 Å². The first kappa shape index (κ1) is 32.6. The number of nitrogens with zero attached hydrogens (tertiary/aromatic N) is 3. The lowest BCUT2D eigenvalue weighted by Crippen LogP contribution is -2.58. The largest absolute Gasteiger partial charge is 0.399 e. The third-order valence-electron chi connectivity index (χ3n) is 7.77. The number of alkyl halides is 2. The molecule has 3 aromatic rings. The van der Waals surface area contributed by atoms with Crippen molar-refractivity contribution in [3.05, 3.63) is 51.3 Å². The Morgan fingerprint density at radius 3 is 2.59 bits per heavy atom. The molecule has 3 N–H and O–H groups in total. The van der Waals surface area contributed by atoms with Gasteiger partial charge in [0, 0.05) is 34.9 Å². The molecule has 3 atom stereocenters. The SMILES string of the molecule is CC(C)(C)C(NC(=O)c1cc2cc(C(F)(F)P(=O)(O)O)ccc2s1)C(=O)N1CCC[C@H]1C(=O)N1CCOC(c2nccs2)C1. The highest BCUT2D eigenvalue weighted by molar-refractivity contribution is 7.52.